The average Bonchev–Trinajstić information content (AvgIpc) is 2.49. The summed E-state index contributed by atoms with van der Waals surface area (Å²) in [5.41, 5.74) is 0.790. The van der Waals surface area contributed by atoms with Gasteiger partial charge in [0.05, 0.1) is 0 Å². The van der Waals surface area contributed by atoms with Crippen molar-refractivity contribution < 1.29 is 9.53 Å². The second kappa shape index (κ2) is 9.83. The van der Waals surface area contributed by atoms with E-state index in [0.29, 0.717) is 6.54 Å². The van der Waals surface area contributed by atoms with Crippen molar-refractivity contribution in [3.8, 4) is 0 Å². The Hall–Kier alpha value is -1.20. The molecule has 1 aromatic rings. The van der Waals surface area contributed by atoms with Gasteiger partial charge in [0, 0.05) is 24.0 Å². The van der Waals surface area contributed by atoms with Gasteiger partial charge in [-0.05, 0) is 51.1 Å². The van der Waals surface area contributed by atoms with E-state index < -0.39 is 5.60 Å². The largest absolute Gasteiger partial charge is 0.444 e. The van der Waals surface area contributed by atoms with Crippen LogP contribution in [0.15, 0.2) is 29.2 Å². The lowest BCUT2D eigenvalue weighted by Gasteiger charge is -2.22. The Kier molecular flexibility index (Phi) is 8.48. The molecule has 23 heavy (non-hydrogen) atoms. The van der Waals surface area contributed by atoms with Crippen LogP contribution in [-0.4, -0.2) is 30.5 Å². The minimum Gasteiger partial charge on any atom is -0.444 e. The molecule has 0 bridgehead atoms. The maximum Gasteiger partial charge on any atom is 0.407 e. The molecule has 2 N–H and O–H groups in total. The average molecular weight is 339 g/mol. The standard InChI is InChI=1S/C18H30N2O2S/c1-6-7-15(13-20-17(21)22-18(2,3)4)19-12-14-8-10-16(23-5)11-9-14/h8-11,15,19H,6-7,12-13H2,1-5H3,(H,20,21). The molecule has 0 saturated carbocycles. The van der Waals surface area contributed by atoms with E-state index in [1.165, 1.54) is 10.5 Å². The molecule has 130 valence electrons. The van der Waals surface area contributed by atoms with Gasteiger partial charge in [-0.2, -0.15) is 0 Å². The topological polar surface area (TPSA) is 50.4 Å². The monoisotopic (exact) mass is 338 g/mol. The second-order valence-electron chi connectivity index (χ2n) is 6.60. The van der Waals surface area contributed by atoms with Crippen molar-refractivity contribution in [1.82, 2.24) is 10.6 Å². The predicted octanol–water partition coefficient (Wildman–Crippen LogP) is 4.19. The number of amides is 1. The van der Waals surface area contributed by atoms with Gasteiger partial charge >= 0.3 is 6.09 Å². The lowest BCUT2D eigenvalue weighted by atomic mass is 10.1. The quantitative estimate of drug-likeness (QED) is 0.698. The fourth-order valence-corrected chi connectivity index (χ4v) is 2.56. The van der Waals surface area contributed by atoms with Gasteiger partial charge in [0.2, 0.25) is 0 Å². The minimum atomic E-state index is -0.462. The van der Waals surface area contributed by atoms with Gasteiger partial charge in [0.1, 0.15) is 5.60 Å². The van der Waals surface area contributed by atoms with Crippen molar-refractivity contribution >= 4 is 17.9 Å². The highest BCUT2D eigenvalue weighted by atomic mass is 32.2. The number of carbonyl (C=O) groups excluding carboxylic acids is 1. The van der Waals surface area contributed by atoms with E-state index in [1.807, 2.05) is 20.8 Å². The van der Waals surface area contributed by atoms with Crippen molar-refractivity contribution in [2.75, 3.05) is 12.8 Å². The molecular weight excluding hydrogens is 308 g/mol. The van der Waals surface area contributed by atoms with Crippen LogP contribution >= 0.6 is 11.8 Å². The van der Waals surface area contributed by atoms with Crippen molar-refractivity contribution in [2.45, 2.75) is 63.6 Å². The molecule has 1 unspecified atom stereocenters. The summed E-state index contributed by atoms with van der Waals surface area (Å²) >= 11 is 1.74. The Morgan fingerprint density at radius 3 is 2.43 bits per heavy atom. The maximum atomic E-state index is 11.7. The second-order valence-corrected chi connectivity index (χ2v) is 7.48. The third-order valence-corrected chi connectivity index (χ3v) is 4.03. The van der Waals surface area contributed by atoms with Crippen molar-refractivity contribution in [3.05, 3.63) is 29.8 Å². The highest BCUT2D eigenvalue weighted by Crippen LogP contribution is 2.15. The first-order chi connectivity index (χ1) is 10.8. The Balaban J connectivity index is 2.43. The molecule has 0 radical (unpaired) electrons. The number of alkyl carbamates (subject to hydrolysis) is 1. The maximum absolute atomic E-state index is 11.7. The van der Waals surface area contributed by atoms with Gasteiger partial charge in [-0.1, -0.05) is 25.5 Å². The zero-order chi connectivity index (χ0) is 17.3. The summed E-state index contributed by atoms with van der Waals surface area (Å²) in [6.45, 7) is 9.13. The fourth-order valence-electron chi connectivity index (χ4n) is 2.15. The molecule has 1 atom stereocenters. The molecule has 5 heteroatoms. The Morgan fingerprint density at radius 2 is 1.91 bits per heavy atom. The SMILES string of the molecule is CCCC(CNC(=O)OC(C)(C)C)NCc1ccc(SC)cc1. The van der Waals surface area contributed by atoms with Crippen LogP contribution in [0.1, 0.15) is 46.1 Å². The Bertz CT molecular complexity index is 469. The number of rotatable bonds is 8. The van der Waals surface area contributed by atoms with Crippen LogP contribution in [0.3, 0.4) is 0 Å². The van der Waals surface area contributed by atoms with E-state index in [-0.39, 0.29) is 12.1 Å². The summed E-state index contributed by atoms with van der Waals surface area (Å²) in [7, 11) is 0. The smallest absolute Gasteiger partial charge is 0.407 e. The van der Waals surface area contributed by atoms with E-state index in [9.17, 15) is 4.79 Å². The molecule has 4 nitrogen and oxygen atoms in total. The molecule has 0 aromatic heterocycles. The van der Waals surface area contributed by atoms with Gasteiger partial charge in [0.15, 0.2) is 0 Å². The number of hydrogen-bond donors (Lipinski definition) is 2. The van der Waals surface area contributed by atoms with E-state index in [4.69, 9.17) is 4.74 Å². The van der Waals surface area contributed by atoms with E-state index in [0.717, 1.165) is 19.4 Å². The first-order valence-electron chi connectivity index (χ1n) is 8.17. The van der Waals surface area contributed by atoms with Gasteiger partial charge in [-0.15, -0.1) is 11.8 Å². The van der Waals surface area contributed by atoms with Gasteiger partial charge in [-0.25, -0.2) is 4.79 Å². The van der Waals surface area contributed by atoms with Gasteiger partial charge in [-0.3, -0.25) is 0 Å². The number of ether oxygens (including phenoxy) is 1. The van der Waals surface area contributed by atoms with E-state index in [2.05, 4.69) is 48.1 Å². The highest BCUT2D eigenvalue weighted by molar-refractivity contribution is 7.98. The summed E-state index contributed by atoms with van der Waals surface area (Å²) in [5, 5.41) is 6.37. The van der Waals surface area contributed by atoms with Crippen LogP contribution in [0.4, 0.5) is 4.79 Å². The summed E-state index contributed by atoms with van der Waals surface area (Å²) in [6, 6.07) is 8.80. The molecule has 0 saturated heterocycles. The summed E-state index contributed by atoms with van der Waals surface area (Å²) in [6.07, 6.45) is 3.80. The molecule has 0 heterocycles. The lowest BCUT2D eigenvalue weighted by molar-refractivity contribution is 0.0521. The third-order valence-electron chi connectivity index (χ3n) is 3.28. The van der Waals surface area contributed by atoms with E-state index >= 15 is 0 Å². The molecule has 0 spiro atoms. The van der Waals surface area contributed by atoms with Crippen LogP contribution in [0.2, 0.25) is 0 Å². The zero-order valence-electron chi connectivity index (χ0n) is 14.9. The molecule has 1 rings (SSSR count). The highest BCUT2D eigenvalue weighted by Gasteiger charge is 2.17. The summed E-state index contributed by atoms with van der Waals surface area (Å²) in [4.78, 5) is 13.0. The van der Waals surface area contributed by atoms with Gasteiger partial charge in [0.25, 0.3) is 0 Å². The van der Waals surface area contributed by atoms with Crippen molar-refractivity contribution in [1.29, 1.82) is 0 Å². The molecule has 1 aromatic carbocycles. The first kappa shape index (κ1) is 19.8. The number of thioether (sulfide) groups is 1. The molecule has 1 amide bonds. The van der Waals surface area contributed by atoms with E-state index in [1.54, 1.807) is 11.8 Å². The van der Waals surface area contributed by atoms with Crippen LogP contribution < -0.4 is 10.6 Å². The van der Waals surface area contributed by atoms with Crippen LogP contribution in [0.25, 0.3) is 0 Å². The van der Waals surface area contributed by atoms with Crippen LogP contribution in [0, 0.1) is 0 Å². The minimum absolute atomic E-state index is 0.243. The molecule has 0 aliphatic carbocycles. The summed E-state index contributed by atoms with van der Waals surface area (Å²) < 4.78 is 5.27. The molecule has 0 fully saturated rings. The number of carbonyl (C=O) groups is 1. The number of nitrogens with one attached hydrogen (secondary N) is 2. The fraction of sp³-hybridized carbons (Fsp3) is 0.611. The molecular formula is C18H30N2O2S. The Morgan fingerprint density at radius 1 is 1.26 bits per heavy atom. The predicted molar refractivity (Wildman–Crippen MR) is 98.0 cm³/mol. The van der Waals surface area contributed by atoms with Gasteiger partial charge < -0.3 is 15.4 Å². The Labute approximate surface area is 144 Å². The normalized spacial score (nSPS) is 12.7. The lowest BCUT2D eigenvalue weighted by Crippen LogP contribution is -2.42. The first-order valence-corrected chi connectivity index (χ1v) is 9.39. The van der Waals surface area contributed by atoms with Crippen LogP contribution in [-0.2, 0) is 11.3 Å². The molecule has 0 aliphatic rings. The molecule has 0 aliphatic heterocycles. The summed E-state index contributed by atoms with van der Waals surface area (Å²) in [5.74, 6) is 0. The zero-order valence-corrected chi connectivity index (χ0v) is 15.8. The van der Waals surface area contributed by atoms with Crippen LogP contribution in [0.5, 0.6) is 0 Å². The van der Waals surface area contributed by atoms with Crippen molar-refractivity contribution in [3.63, 3.8) is 0 Å². The third kappa shape index (κ3) is 8.86. The number of benzene rings is 1. The number of hydrogen-bond acceptors (Lipinski definition) is 4. The van der Waals surface area contributed by atoms with Crippen molar-refractivity contribution in [2.24, 2.45) is 0 Å².